The molecule has 8 heteroatoms. The maximum Gasteiger partial charge on any atom is 0.276 e. The Morgan fingerprint density at radius 3 is 2.43 bits per heavy atom. The van der Waals surface area contributed by atoms with Crippen molar-refractivity contribution in [3.63, 3.8) is 0 Å². The highest BCUT2D eigenvalue weighted by Crippen LogP contribution is 2.20. The Morgan fingerprint density at radius 1 is 1.19 bits per heavy atom. The van der Waals surface area contributed by atoms with Gasteiger partial charge in [-0.25, -0.2) is 4.98 Å². The predicted molar refractivity (Wildman–Crippen MR) is 80.9 cm³/mol. The molecule has 1 aromatic heterocycles. The third-order valence-electron chi connectivity index (χ3n) is 2.56. The van der Waals surface area contributed by atoms with Gasteiger partial charge in [-0.05, 0) is 6.42 Å². The molecule has 0 amide bonds. The zero-order valence-electron chi connectivity index (χ0n) is 12.4. The Morgan fingerprint density at radius 2 is 1.86 bits per heavy atom. The number of anilines is 2. The summed E-state index contributed by atoms with van der Waals surface area (Å²) in [4.78, 5) is 14.8. The number of methoxy groups -OCH3 is 1. The van der Waals surface area contributed by atoms with Crippen molar-refractivity contribution in [3.8, 4) is 0 Å². The van der Waals surface area contributed by atoms with E-state index in [0.29, 0.717) is 44.5 Å². The lowest BCUT2D eigenvalue weighted by Crippen LogP contribution is -2.13. The van der Waals surface area contributed by atoms with Crippen molar-refractivity contribution in [2.45, 2.75) is 13.3 Å². The summed E-state index contributed by atoms with van der Waals surface area (Å²) < 4.78 is 10.2. The molecule has 0 aliphatic rings. The van der Waals surface area contributed by atoms with Crippen molar-refractivity contribution in [1.82, 2.24) is 4.98 Å². The number of nitrogens with zero attached hydrogens (tertiary/aromatic N) is 2. The van der Waals surface area contributed by atoms with Crippen molar-refractivity contribution in [3.05, 3.63) is 22.2 Å². The zero-order valence-corrected chi connectivity index (χ0v) is 12.4. The van der Waals surface area contributed by atoms with Gasteiger partial charge in [0.2, 0.25) is 0 Å². The molecule has 0 aliphatic carbocycles. The van der Waals surface area contributed by atoms with Crippen LogP contribution in [0.3, 0.4) is 0 Å². The van der Waals surface area contributed by atoms with E-state index in [1.54, 1.807) is 7.11 Å². The van der Waals surface area contributed by atoms with Gasteiger partial charge in [-0.2, -0.15) is 0 Å². The van der Waals surface area contributed by atoms with Crippen LogP contribution in [0.5, 0.6) is 0 Å². The van der Waals surface area contributed by atoms with Crippen molar-refractivity contribution >= 4 is 17.3 Å². The van der Waals surface area contributed by atoms with Crippen molar-refractivity contribution in [2.24, 2.45) is 0 Å². The lowest BCUT2D eigenvalue weighted by Gasteiger charge is -2.09. The molecule has 118 valence electrons. The Hall–Kier alpha value is -1.93. The maximum absolute atomic E-state index is 10.9. The molecular weight excluding hydrogens is 276 g/mol. The quantitative estimate of drug-likeness (QED) is 0.365. The molecule has 0 bridgehead atoms. The van der Waals surface area contributed by atoms with E-state index in [1.807, 2.05) is 6.92 Å². The van der Waals surface area contributed by atoms with Gasteiger partial charge in [0.15, 0.2) is 0 Å². The minimum Gasteiger partial charge on any atom is -0.382 e. The third-order valence-corrected chi connectivity index (χ3v) is 2.56. The topological polar surface area (TPSA) is 98.6 Å². The van der Waals surface area contributed by atoms with Crippen LogP contribution < -0.4 is 10.6 Å². The smallest absolute Gasteiger partial charge is 0.276 e. The van der Waals surface area contributed by atoms with Crippen LogP contribution >= 0.6 is 0 Å². The monoisotopic (exact) mass is 298 g/mol. The van der Waals surface area contributed by atoms with Gasteiger partial charge in [0.25, 0.3) is 5.69 Å². The van der Waals surface area contributed by atoms with Crippen molar-refractivity contribution in [2.75, 3.05) is 50.7 Å². The van der Waals surface area contributed by atoms with E-state index >= 15 is 0 Å². The zero-order chi connectivity index (χ0) is 15.5. The van der Waals surface area contributed by atoms with Crippen LogP contribution in [0.15, 0.2) is 12.1 Å². The summed E-state index contributed by atoms with van der Waals surface area (Å²) in [7, 11) is 1.61. The van der Waals surface area contributed by atoms with Gasteiger partial charge < -0.3 is 20.1 Å². The molecule has 0 saturated carbocycles. The number of rotatable bonds is 11. The van der Waals surface area contributed by atoms with E-state index in [0.717, 1.165) is 6.42 Å². The Labute approximate surface area is 124 Å². The minimum atomic E-state index is -0.431. The van der Waals surface area contributed by atoms with Crippen molar-refractivity contribution in [1.29, 1.82) is 0 Å². The highest BCUT2D eigenvalue weighted by Gasteiger charge is 2.10. The summed E-state index contributed by atoms with van der Waals surface area (Å²) >= 11 is 0. The van der Waals surface area contributed by atoms with Crippen LogP contribution in [0.2, 0.25) is 0 Å². The number of nitrogens with one attached hydrogen (secondary N) is 2. The van der Waals surface area contributed by atoms with Crippen LogP contribution in [-0.2, 0) is 9.47 Å². The molecule has 0 radical (unpaired) electrons. The summed E-state index contributed by atoms with van der Waals surface area (Å²) in [6.45, 7) is 4.79. The first kappa shape index (κ1) is 17.1. The third kappa shape index (κ3) is 6.87. The molecule has 21 heavy (non-hydrogen) atoms. The van der Waals surface area contributed by atoms with Gasteiger partial charge in [0.1, 0.15) is 11.6 Å². The highest BCUT2D eigenvalue weighted by molar-refractivity contribution is 5.54. The second-order valence-electron chi connectivity index (χ2n) is 4.31. The molecule has 0 unspecified atom stereocenters. The molecule has 2 N–H and O–H groups in total. The van der Waals surface area contributed by atoms with Gasteiger partial charge in [-0.1, -0.05) is 6.92 Å². The standard InChI is InChI=1S/C13H22N4O4/c1-3-4-14-12-9-11(17(18)19)10-13(16-12)15-5-6-21-8-7-20-2/h9-10H,3-8H2,1-2H3,(H2,14,15,16). The fourth-order valence-electron chi connectivity index (χ4n) is 1.55. The molecule has 0 aromatic carbocycles. The lowest BCUT2D eigenvalue weighted by atomic mass is 10.3. The van der Waals surface area contributed by atoms with Crippen molar-refractivity contribution < 1.29 is 14.4 Å². The Bertz CT molecular complexity index is 442. The number of hydrogen-bond donors (Lipinski definition) is 2. The van der Waals surface area contributed by atoms with Gasteiger partial charge in [0.05, 0.1) is 36.9 Å². The highest BCUT2D eigenvalue weighted by atomic mass is 16.6. The lowest BCUT2D eigenvalue weighted by molar-refractivity contribution is -0.384. The van der Waals surface area contributed by atoms with E-state index in [9.17, 15) is 10.1 Å². The molecule has 0 fully saturated rings. The summed E-state index contributed by atoms with van der Waals surface area (Å²) in [5.74, 6) is 0.951. The van der Waals surface area contributed by atoms with E-state index < -0.39 is 4.92 Å². The van der Waals surface area contributed by atoms with Crippen LogP contribution in [0, 0.1) is 10.1 Å². The molecule has 1 rings (SSSR count). The van der Waals surface area contributed by atoms with Gasteiger partial charge in [-0.3, -0.25) is 10.1 Å². The minimum absolute atomic E-state index is 0.00593. The predicted octanol–water partition coefficient (Wildman–Crippen LogP) is 1.89. The second-order valence-corrected chi connectivity index (χ2v) is 4.31. The molecule has 1 aromatic rings. The first-order chi connectivity index (χ1) is 10.2. The normalized spacial score (nSPS) is 10.4. The van der Waals surface area contributed by atoms with Crippen LogP contribution in [-0.4, -0.2) is 49.9 Å². The summed E-state index contributed by atoms with van der Waals surface area (Å²) in [5.41, 5.74) is 0.00593. The van der Waals surface area contributed by atoms with Crippen LogP contribution in [0.25, 0.3) is 0 Å². The fourth-order valence-corrected chi connectivity index (χ4v) is 1.55. The SMILES string of the molecule is CCCNc1cc([N+](=O)[O-])cc(NCCOCCOC)n1. The molecule has 0 spiro atoms. The summed E-state index contributed by atoms with van der Waals surface area (Å²) in [5, 5.41) is 17.0. The number of nitro groups is 1. The average molecular weight is 298 g/mol. The van der Waals surface area contributed by atoms with E-state index in [2.05, 4.69) is 15.6 Å². The first-order valence-electron chi connectivity index (χ1n) is 6.88. The van der Waals surface area contributed by atoms with Gasteiger partial charge in [0, 0.05) is 20.2 Å². The number of ether oxygens (including phenoxy) is 2. The number of aromatic nitrogens is 1. The molecule has 0 aliphatic heterocycles. The fraction of sp³-hybridized carbons (Fsp3) is 0.615. The molecule has 8 nitrogen and oxygen atoms in total. The van der Waals surface area contributed by atoms with Crippen LogP contribution in [0.1, 0.15) is 13.3 Å². The molecule has 1 heterocycles. The van der Waals surface area contributed by atoms with E-state index in [4.69, 9.17) is 9.47 Å². The van der Waals surface area contributed by atoms with Gasteiger partial charge >= 0.3 is 0 Å². The van der Waals surface area contributed by atoms with E-state index in [1.165, 1.54) is 12.1 Å². The average Bonchev–Trinajstić information content (AvgIpc) is 2.48. The molecule has 0 atom stereocenters. The second kappa shape index (κ2) is 9.89. The first-order valence-corrected chi connectivity index (χ1v) is 6.88. The molecule has 0 saturated heterocycles. The number of hydrogen-bond acceptors (Lipinski definition) is 7. The Kier molecular flexibility index (Phi) is 8.07. The summed E-state index contributed by atoms with van der Waals surface area (Å²) in [6.07, 6.45) is 0.917. The Balaban J connectivity index is 2.54. The molecular formula is C13H22N4O4. The van der Waals surface area contributed by atoms with Gasteiger partial charge in [-0.15, -0.1) is 0 Å². The van der Waals surface area contributed by atoms with E-state index in [-0.39, 0.29) is 5.69 Å². The largest absolute Gasteiger partial charge is 0.382 e. The number of pyridine rings is 1. The summed E-state index contributed by atoms with van der Waals surface area (Å²) in [6, 6.07) is 2.84. The maximum atomic E-state index is 10.9. The van der Waals surface area contributed by atoms with Crippen LogP contribution in [0.4, 0.5) is 17.3 Å².